The molecule has 0 N–H and O–H groups in total. The second kappa shape index (κ2) is 5.79. The minimum atomic E-state index is -0.0400. The molecule has 1 unspecified atom stereocenters. The highest BCUT2D eigenvalue weighted by Gasteiger charge is 2.30. The van der Waals surface area contributed by atoms with Gasteiger partial charge in [0.05, 0.1) is 12.6 Å². The molecule has 3 heterocycles. The van der Waals surface area contributed by atoms with Crippen LogP contribution in [-0.4, -0.2) is 31.7 Å². The van der Waals surface area contributed by atoms with Crippen LogP contribution in [0.5, 0.6) is 0 Å². The van der Waals surface area contributed by atoms with Crippen LogP contribution in [0.4, 0.5) is 5.13 Å². The van der Waals surface area contributed by atoms with Crippen LogP contribution in [0, 0.1) is 0 Å². The van der Waals surface area contributed by atoms with E-state index in [1.807, 2.05) is 0 Å². The Hall–Kier alpha value is -1.76. The molecule has 0 spiro atoms. The first-order chi connectivity index (χ1) is 10.8. The van der Waals surface area contributed by atoms with Crippen LogP contribution in [0.15, 0.2) is 23.1 Å². The van der Waals surface area contributed by atoms with Gasteiger partial charge in [-0.3, -0.25) is 4.79 Å². The molecular formula is C15H19N5OS. The van der Waals surface area contributed by atoms with Crippen molar-refractivity contribution >= 4 is 16.7 Å². The normalized spacial score (nSPS) is 22.0. The number of hydrogen-bond donors (Lipinski definition) is 0. The van der Waals surface area contributed by atoms with Crippen molar-refractivity contribution in [2.75, 3.05) is 11.4 Å². The molecule has 1 aliphatic carbocycles. The van der Waals surface area contributed by atoms with E-state index in [0.717, 1.165) is 30.3 Å². The van der Waals surface area contributed by atoms with Gasteiger partial charge in [-0.05, 0) is 31.7 Å². The second-order valence-electron chi connectivity index (χ2n) is 6.10. The first-order valence-corrected chi connectivity index (χ1v) is 8.71. The van der Waals surface area contributed by atoms with Gasteiger partial charge in [-0.2, -0.15) is 9.47 Å². The zero-order valence-corrected chi connectivity index (χ0v) is 13.2. The zero-order chi connectivity index (χ0) is 14.9. The summed E-state index contributed by atoms with van der Waals surface area (Å²) in [5.41, 5.74) is -0.0400. The molecule has 6 nitrogen and oxygen atoms in total. The van der Waals surface area contributed by atoms with E-state index in [2.05, 4.69) is 14.4 Å². The van der Waals surface area contributed by atoms with Crippen LogP contribution in [0.1, 0.15) is 43.8 Å². The molecule has 0 aromatic carbocycles. The fourth-order valence-electron chi connectivity index (χ4n) is 3.18. The Balaban J connectivity index is 1.52. The Bertz CT molecular complexity index is 708. The van der Waals surface area contributed by atoms with Gasteiger partial charge < -0.3 is 4.90 Å². The monoisotopic (exact) mass is 317 g/mol. The average molecular weight is 317 g/mol. The summed E-state index contributed by atoms with van der Waals surface area (Å²) in [6.45, 7) is 1.61. The van der Waals surface area contributed by atoms with Gasteiger partial charge in [-0.1, -0.05) is 6.42 Å². The maximum atomic E-state index is 11.8. The first-order valence-electron chi connectivity index (χ1n) is 7.93. The summed E-state index contributed by atoms with van der Waals surface area (Å²) in [6.07, 6.45) is 7.62. The van der Waals surface area contributed by atoms with Crippen molar-refractivity contribution in [1.82, 2.24) is 19.1 Å². The van der Waals surface area contributed by atoms with E-state index in [-0.39, 0.29) is 11.6 Å². The third-order valence-electron chi connectivity index (χ3n) is 4.69. The van der Waals surface area contributed by atoms with Crippen LogP contribution in [0.3, 0.4) is 0 Å². The van der Waals surface area contributed by atoms with Crippen molar-refractivity contribution in [3.8, 4) is 0 Å². The lowest BCUT2D eigenvalue weighted by atomic mass is 9.85. The smallest absolute Gasteiger partial charge is 0.266 e. The Morgan fingerprint density at radius 3 is 2.95 bits per heavy atom. The highest BCUT2D eigenvalue weighted by molar-refractivity contribution is 7.09. The van der Waals surface area contributed by atoms with E-state index >= 15 is 0 Å². The Labute approximate surface area is 133 Å². The molecule has 4 rings (SSSR count). The molecule has 1 saturated heterocycles. The summed E-state index contributed by atoms with van der Waals surface area (Å²) in [6, 6.07) is 3.53. The largest absolute Gasteiger partial charge is 0.342 e. The van der Waals surface area contributed by atoms with E-state index in [1.165, 1.54) is 30.8 Å². The molecule has 1 saturated carbocycles. The van der Waals surface area contributed by atoms with Crippen molar-refractivity contribution in [1.29, 1.82) is 0 Å². The highest BCUT2D eigenvalue weighted by atomic mass is 32.1. The molecule has 2 aromatic rings. The van der Waals surface area contributed by atoms with Crippen molar-refractivity contribution in [3.05, 3.63) is 34.5 Å². The number of nitrogens with zero attached hydrogens (tertiary/aromatic N) is 5. The SMILES string of the molecule is O=c1cccnn1CC1CCCN1c1nc(C2CCC2)ns1. The number of hydrogen-bond acceptors (Lipinski definition) is 6. The van der Waals surface area contributed by atoms with Crippen LogP contribution in [0.2, 0.25) is 0 Å². The molecule has 0 bridgehead atoms. The van der Waals surface area contributed by atoms with Gasteiger partial charge in [0.1, 0.15) is 5.82 Å². The average Bonchev–Trinajstić information content (AvgIpc) is 3.08. The summed E-state index contributed by atoms with van der Waals surface area (Å²) >= 11 is 1.50. The maximum absolute atomic E-state index is 11.8. The summed E-state index contributed by atoms with van der Waals surface area (Å²) in [5.74, 6) is 1.59. The lowest BCUT2D eigenvalue weighted by molar-refractivity contribution is 0.404. The number of aromatic nitrogens is 4. The van der Waals surface area contributed by atoms with E-state index in [9.17, 15) is 4.79 Å². The van der Waals surface area contributed by atoms with Gasteiger partial charge in [-0.25, -0.2) is 9.67 Å². The van der Waals surface area contributed by atoms with Crippen molar-refractivity contribution in [3.63, 3.8) is 0 Å². The maximum Gasteiger partial charge on any atom is 0.266 e. The number of anilines is 1. The second-order valence-corrected chi connectivity index (χ2v) is 6.83. The topological polar surface area (TPSA) is 63.9 Å². The highest BCUT2D eigenvalue weighted by Crippen LogP contribution is 2.37. The van der Waals surface area contributed by atoms with E-state index < -0.39 is 0 Å². The first kappa shape index (κ1) is 13.9. The minimum Gasteiger partial charge on any atom is -0.342 e. The molecule has 22 heavy (non-hydrogen) atoms. The summed E-state index contributed by atoms with van der Waals surface area (Å²) in [7, 11) is 0. The lowest BCUT2D eigenvalue weighted by Crippen LogP contribution is -2.36. The summed E-state index contributed by atoms with van der Waals surface area (Å²) in [5, 5.41) is 5.18. The van der Waals surface area contributed by atoms with Gasteiger partial charge >= 0.3 is 0 Å². The molecule has 0 amide bonds. The van der Waals surface area contributed by atoms with Crippen molar-refractivity contribution in [2.45, 2.75) is 50.6 Å². The molecule has 2 aromatic heterocycles. The summed E-state index contributed by atoms with van der Waals surface area (Å²) < 4.78 is 6.10. The van der Waals surface area contributed by atoms with Crippen LogP contribution < -0.4 is 10.5 Å². The molecular weight excluding hydrogens is 298 g/mol. The fourth-order valence-corrected chi connectivity index (χ4v) is 4.02. The molecule has 2 aliphatic rings. The Kier molecular flexibility index (Phi) is 3.65. The fraction of sp³-hybridized carbons (Fsp3) is 0.600. The molecule has 1 atom stereocenters. The molecule has 7 heteroatoms. The van der Waals surface area contributed by atoms with Gasteiger partial charge in [0.2, 0.25) is 5.13 Å². The van der Waals surface area contributed by atoms with Crippen molar-refractivity contribution < 1.29 is 0 Å². The van der Waals surface area contributed by atoms with Crippen molar-refractivity contribution in [2.24, 2.45) is 0 Å². The quantitative estimate of drug-likeness (QED) is 0.863. The predicted molar refractivity (Wildman–Crippen MR) is 85.4 cm³/mol. The van der Waals surface area contributed by atoms with E-state index in [1.54, 1.807) is 23.0 Å². The van der Waals surface area contributed by atoms with E-state index in [4.69, 9.17) is 4.98 Å². The third kappa shape index (κ3) is 2.54. The molecule has 0 radical (unpaired) electrons. The van der Waals surface area contributed by atoms with E-state index in [0.29, 0.717) is 12.5 Å². The third-order valence-corrected chi connectivity index (χ3v) is 5.46. The molecule has 1 aliphatic heterocycles. The predicted octanol–water partition coefficient (Wildman–Crippen LogP) is 2.03. The Morgan fingerprint density at radius 1 is 1.27 bits per heavy atom. The van der Waals surface area contributed by atoms with Gasteiger partial charge in [0.25, 0.3) is 5.56 Å². The minimum absolute atomic E-state index is 0.0400. The zero-order valence-electron chi connectivity index (χ0n) is 12.4. The van der Waals surface area contributed by atoms with Gasteiger partial charge in [-0.15, -0.1) is 0 Å². The van der Waals surface area contributed by atoms with Crippen LogP contribution >= 0.6 is 11.5 Å². The Morgan fingerprint density at radius 2 is 2.18 bits per heavy atom. The standard InChI is InChI=1S/C15H19N5OS/c21-13-7-2-8-16-20(13)10-12-6-3-9-19(12)15-17-14(18-22-15)11-4-1-5-11/h2,7-8,11-12H,1,3-6,9-10H2. The lowest BCUT2D eigenvalue weighted by Gasteiger charge is -2.24. The molecule has 2 fully saturated rings. The van der Waals surface area contributed by atoms with Gasteiger partial charge in [0, 0.05) is 36.3 Å². The van der Waals surface area contributed by atoms with Crippen LogP contribution in [-0.2, 0) is 6.54 Å². The molecule has 116 valence electrons. The van der Waals surface area contributed by atoms with Gasteiger partial charge in [0.15, 0.2) is 0 Å². The van der Waals surface area contributed by atoms with Crippen LogP contribution in [0.25, 0.3) is 0 Å². The number of rotatable bonds is 4. The summed E-state index contributed by atoms with van der Waals surface area (Å²) in [4.78, 5) is 18.9.